The van der Waals surface area contributed by atoms with Crippen LogP contribution in [0.15, 0.2) is 48.5 Å². The molecular formula is C17H18N2O3S. The zero-order valence-electron chi connectivity index (χ0n) is 12.7. The molecule has 5 nitrogen and oxygen atoms in total. The molecule has 6 heteroatoms. The average molecular weight is 330 g/mol. The lowest BCUT2D eigenvalue weighted by Crippen LogP contribution is -2.35. The lowest BCUT2D eigenvalue weighted by molar-refractivity contribution is 0.0938. The van der Waals surface area contributed by atoms with Gasteiger partial charge in [-0.15, -0.1) is 0 Å². The van der Waals surface area contributed by atoms with E-state index in [4.69, 9.17) is 0 Å². The quantitative estimate of drug-likeness (QED) is 0.900. The van der Waals surface area contributed by atoms with Crippen LogP contribution in [0, 0.1) is 0 Å². The molecule has 0 heterocycles. The zero-order chi connectivity index (χ0) is 16.4. The Labute approximate surface area is 135 Å². The maximum atomic E-state index is 12.4. The second-order valence-corrected chi connectivity index (χ2v) is 7.55. The minimum absolute atomic E-state index is 0.0754. The van der Waals surface area contributed by atoms with E-state index in [1.54, 1.807) is 24.3 Å². The average Bonchev–Trinajstić information content (AvgIpc) is 2.87. The Bertz CT molecular complexity index is 821. The van der Waals surface area contributed by atoms with Crippen LogP contribution in [-0.4, -0.2) is 26.6 Å². The summed E-state index contributed by atoms with van der Waals surface area (Å²) in [6.45, 7) is 0. The highest BCUT2D eigenvalue weighted by Crippen LogP contribution is 2.22. The van der Waals surface area contributed by atoms with Crippen LogP contribution in [0.4, 0.5) is 5.69 Å². The van der Waals surface area contributed by atoms with E-state index in [2.05, 4.69) is 22.2 Å². The van der Waals surface area contributed by atoms with Crippen LogP contribution in [0.25, 0.3) is 0 Å². The number of amides is 1. The Morgan fingerprint density at radius 1 is 1.04 bits per heavy atom. The SMILES string of the molecule is CS(=O)(=O)Nc1cccc(C(=O)NC2Cc3ccccc3C2)c1. The summed E-state index contributed by atoms with van der Waals surface area (Å²) in [5, 5.41) is 3.02. The third kappa shape index (κ3) is 3.90. The molecule has 1 amide bonds. The molecule has 0 aromatic heterocycles. The number of fused-ring (bicyclic) bond motifs is 1. The number of sulfonamides is 1. The van der Waals surface area contributed by atoms with E-state index < -0.39 is 10.0 Å². The maximum absolute atomic E-state index is 12.4. The van der Waals surface area contributed by atoms with Gasteiger partial charge in [0.05, 0.1) is 6.26 Å². The van der Waals surface area contributed by atoms with Gasteiger partial charge < -0.3 is 5.32 Å². The lowest BCUT2D eigenvalue weighted by Gasteiger charge is -2.13. The Kier molecular flexibility index (Phi) is 4.09. The van der Waals surface area contributed by atoms with Gasteiger partial charge in [-0.05, 0) is 42.2 Å². The Balaban J connectivity index is 1.69. The maximum Gasteiger partial charge on any atom is 0.251 e. The molecule has 0 fully saturated rings. The highest BCUT2D eigenvalue weighted by Gasteiger charge is 2.22. The first-order valence-electron chi connectivity index (χ1n) is 7.36. The van der Waals surface area contributed by atoms with Crippen LogP contribution in [0.3, 0.4) is 0 Å². The van der Waals surface area contributed by atoms with Crippen molar-refractivity contribution in [2.24, 2.45) is 0 Å². The summed E-state index contributed by atoms with van der Waals surface area (Å²) in [5.74, 6) is -0.194. The third-order valence-corrected chi connectivity index (χ3v) is 4.42. The van der Waals surface area contributed by atoms with Gasteiger partial charge in [0, 0.05) is 17.3 Å². The van der Waals surface area contributed by atoms with Gasteiger partial charge in [0.2, 0.25) is 10.0 Å². The summed E-state index contributed by atoms with van der Waals surface area (Å²) in [6.07, 6.45) is 2.72. The largest absolute Gasteiger partial charge is 0.349 e. The number of nitrogens with one attached hydrogen (secondary N) is 2. The molecule has 0 radical (unpaired) electrons. The van der Waals surface area contributed by atoms with Crippen molar-refractivity contribution >= 4 is 21.6 Å². The summed E-state index contributed by atoms with van der Waals surface area (Å²) in [5.41, 5.74) is 3.36. The van der Waals surface area contributed by atoms with E-state index in [-0.39, 0.29) is 11.9 Å². The first-order valence-corrected chi connectivity index (χ1v) is 9.25. The van der Waals surface area contributed by atoms with E-state index in [9.17, 15) is 13.2 Å². The fraction of sp³-hybridized carbons (Fsp3) is 0.235. The van der Waals surface area contributed by atoms with Crippen LogP contribution >= 0.6 is 0 Å². The molecule has 120 valence electrons. The van der Waals surface area contributed by atoms with E-state index >= 15 is 0 Å². The standard InChI is InChI=1S/C17H18N2O3S/c1-23(21,22)19-15-8-4-7-14(11-15)17(20)18-16-9-12-5-2-3-6-13(12)10-16/h2-8,11,16,19H,9-10H2,1H3,(H,18,20). The second-order valence-electron chi connectivity index (χ2n) is 5.80. The lowest BCUT2D eigenvalue weighted by atomic mass is 10.1. The van der Waals surface area contributed by atoms with Crippen molar-refractivity contribution in [1.82, 2.24) is 5.32 Å². The molecule has 0 spiro atoms. The summed E-state index contributed by atoms with van der Waals surface area (Å²) in [4.78, 5) is 12.4. The monoisotopic (exact) mass is 330 g/mol. The number of hydrogen-bond donors (Lipinski definition) is 2. The summed E-state index contributed by atoms with van der Waals surface area (Å²) in [6, 6.07) is 14.7. The van der Waals surface area contributed by atoms with E-state index in [0.717, 1.165) is 19.1 Å². The Hall–Kier alpha value is -2.34. The molecule has 0 saturated carbocycles. The fourth-order valence-corrected chi connectivity index (χ4v) is 3.42. The van der Waals surface area contributed by atoms with Gasteiger partial charge in [0.1, 0.15) is 0 Å². The smallest absolute Gasteiger partial charge is 0.251 e. The highest BCUT2D eigenvalue weighted by atomic mass is 32.2. The van der Waals surface area contributed by atoms with Crippen molar-refractivity contribution in [2.45, 2.75) is 18.9 Å². The van der Waals surface area contributed by atoms with E-state index in [1.807, 2.05) is 12.1 Å². The Morgan fingerprint density at radius 3 is 2.30 bits per heavy atom. The molecule has 23 heavy (non-hydrogen) atoms. The van der Waals surface area contributed by atoms with Gasteiger partial charge in [-0.1, -0.05) is 30.3 Å². The van der Waals surface area contributed by atoms with Crippen LogP contribution in [0.2, 0.25) is 0 Å². The minimum Gasteiger partial charge on any atom is -0.349 e. The van der Waals surface area contributed by atoms with Crippen molar-refractivity contribution in [3.63, 3.8) is 0 Å². The molecule has 0 unspecified atom stereocenters. The van der Waals surface area contributed by atoms with Gasteiger partial charge in [0.15, 0.2) is 0 Å². The molecule has 1 aliphatic carbocycles. The first kappa shape index (κ1) is 15.6. The first-order chi connectivity index (χ1) is 10.9. The third-order valence-electron chi connectivity index (χ3n) is 3.81. The van der Waals surface area contributed by atoms with Gasteiger partial charge in [-0.2, -0.15) is 0 Å². The summed E-state index contributed by atoms with van der Waals surface area (Å²) >= 11 is 0. The molecule has 0 atom stereocenters. The minimum atomic E-state index is -3.36. The predicted molar refractivity (Wildman–Crippen MR) is 90.0 cm³/mol. The van der Waals surface area contributed by atoms with Crippen molar-refractivity contribution in [1.29, 1.82) is 0 Å². The molecule has 0 bridgehead atoms. The van der Waals surface area contributed by atoms with Crippen molar-refractivity contribution in [3.8, 4) is 0 Å². The van der Waals surface area contributed by atoms with Crippen LogP contribution < -0.4 is 10.0 Å². The van der Waals surface area contributed by atoms with Crippen molar-refractivity contribution in [2.75, 3.05) is 11.0 Å². The molecule has 2 aromatic carbocycles. The van der Waals surface area contributed by atoms with Crippen LogP contribution in [0.5, 0.6) is 0 Å². The highest BCUT2D eigenvalue weighted by molar-refractivity contribution is 7.92. The van der Waals surface area contributed by atoms with Crippen LogP contribution in [0.1, 0.15) is 21.5 Å². The molecular weight excluding hydrogens is 312 g/mol. The molecule has 2 N–H and O–H groups in total. The number of rotatable bonds is 4. The van der Waals surface area contributed by atoms with Gasteiger partial charge in [-0.25, -0.2) is 8.42 Å². The van der Waals surface area contributed by atoms with Gasteiger partial charge in [-0.3, -0.25) is 9.52 Å². The van der Waals surface area contributed by atoms with Crippen LogP contribution in [-0.2, 0) is 22.9 Å². The number of anilines is 1. The number of hydrogen-bond acceptors (Lipinski definition) is 3. The summed E-state index contributed by atoms with van der Waals surface area (Å²) in [7, 11) is -3.36. The number of carbonyl (C=O) groups is 1. The van der Waals surface area contributed by atoms with Crippen molar-refractivity contribution in [3.05, 3.63) is 65.2 Å². The van der Waals surface area contributed by atoms with Gasteiger partial charge in [0.25, 0.3) is 5.91 Å². The van der Waals surface area contributed by atoms with E-state index in [0.29, 0.717) is 11.3 Å². The number of carbonyl (C=O) groups excluding carboxylic acids is 1. The number of benzene rings is 2. The van der Waals surface area contributed by atoms with Crippen molar-refractivity contribution < 1.29 is 13.2 Å². The summed E-state index contributed by atoms with van der Waals surface area (Å²) < 4.78 is 24.9. The fourth-order valence-electron chi connectivity index (χ4n) is 2.87. The second kappa shape index (κ2) is 6.04. The Morgan fingerprint density at radius 2 is 1.70 bits per heavy atom. The zero-order valence-corrected chi connectivity index (χ0v) is 13.6. The van der Waals surface area contributed by atoms with E-state index in [1.165, 1.54) is 11.1 Å². The molecule has 0 aliphatic heterocycles. The molecule has 1 aliphatic rings. The molecule has 2 aromatic rings. The molecule has 0 saturated heterocycles. The normalized spacial score (nSPS) is 14.3. The van der Waals surface area contributed by atoms with Gasteiger partial charge >= 0.3 is 0 Å². The predicted octanol–water partition coefficient (Wildman–Crippen LogP) is 1.96. The topological polar surface area (TPSA) is 75.3 Å². The molecule has 3 rings (SSSR count).